The summed E-state index contributed by atoms with van der Waals surface area (Å²) in [4.78, 5) is 2.39. The average molecular weight is 390 g/mol. The standard InChI is InChI=1S/C26H28FNO/c1-18-24(20-10-6-4-7-11-20)28(3)25(21-12-8-5-9-13-21)19(2)26(18,29)22-14-16-23(27)17-15-22/h4-19,24-25,29H,1-3H3/t18-,19+,24-,25-,26?/m1/s1. The highest BCUT2D eigenvalue weighted by Gasteiger charge is 2.54. The molecule has 0 spiro atoms. The first-order chi connectivity index (χ1) is 13.9. The van der Waals surface area contributed by atoms with Crippen LogP contribution < -0.4 is 0 Å². The molecule has 29 heavy (non-hydrogen) atoms. The van der Waals surface area contributed by atoms with Gasteiger partial charge in [-0.2, -0.15) is 0 Å². The van der Waals surface area contributed by atoms with Crippen LogP contribution in [0.15, 0.2) is 84.9 Å². The first kappa shape index (κ1) is 19.8. The molecule has 1 heterocycles. The van der Waals surface area contributed by atoms with Crippen LogP contribution in [-0.2, 0) is 5.60 Å². The Morgan fingerprint density at radius 3 is 1.55 bits per heavy atom. The van der Waals surface area contributed by atoms with Gasteiger partial charge in [-0.3, -0.25) is 4.90 Å². The van der Waals surface area contributed by atoms with Crippen LogP contribution >= 0.6 is 0 Å². The van der Waals surface area contributed by atoms with Crippen molar-refractivity contribution in [3.63, 3.8) is 0 Å². The van der Waals surface area contributed by atoms with Crippen molar-refractivity contribution >= 4 is 0 Å². The van der Waals surface area contributed by atoms with Crippen LogP contribution in [0, 0.1) is 17.7 Å². The van der Waals surface area contributed by atoms with E-state index in [9.17, 15) is 9.50 Å². The van der Waals surface area contributed by atoms with E-state index < -0.39 is 5.60 Å². The van der Waals surface area contributed by atoms with Gasteiger partial charge in [0.2, 0.25) is 0 Å². The van der Waals surface area contributed by atoms with Crippen LogP contribution in [-0.4, -0.2) is 17.1 Å². The molecule has 1 aliphatic heterocycles. The van der Waals surface area contributed by atoms with Gasteiger partial charge in [-0.25, -0.2) is 4.39 Å². The second-order valence-corrected chi connectivity index (χ2v) is 8.29. The summed E-state index contributed by atoms with van der Waals surface area (Å²) in [6, 6.07) is 27.1. The molecule has 0 radical (unpaired) electrons. The number of hydrogen-bond donors (Lipinski definition) is 1. The Kier molecular flexibility index (Phi) is 5.28. The summed E-state index contributed by atoms with van der Waals surface area (Å²) in [6.45, 7) is 4.21. The Morgan fingerprint density at radius 1 is 0.724 bits per heavy atom. The van der Waals surface area contributed by atoms with Crippen LogP contribution in [0.3, 0.4) is 0 Å². The van der Waals surface area contributed by atoms with E-state index in [1.54, 1.807) is 12.1 Å². The zero-order valence-electron chi connectivity index (χ0n) is 17.2. The molecule has 4 rings (SSSR count). The quantitative estimate of drug-likeness (QED) is 0.620. The predicted octanol–water partition coefficient (Wildman–Crippen LogP) is 5.71. The zero-order valence-corrected chi connectivity index (χ0v) is 17.2. The third-order valence-electron chi connectivity index (χ3n) is 6.80. The number of aliphatic hydroxyl groups is 1. The molecule has 2 nitrogen and oxygen atoms in total. The summed E-state index contributed by atoms with van der Waals surface area (Å²) < 4.78 is 13.6. The summed E-state index contributed by atoms with van der Waals surface area (Å²) >= 11 is 0. The number of rotatable bonds is 3. The summed E-state index contributed by atoms with van der Waals surface area (Å²) in [5.74, 6) is -0.463. The Labute approximate surface area is 172 Å². The van der Waals surface area contributed by atoms with Crippen molar-refractivity contribution in [3.05, 3.63) is 107 Å². The molecule has 0 saturated carbocycles. The molecule has 0 bridgehead atoms. The van der Waals surface area contributed by atoms with Crippen LogP contribution in [0.2, 0.25) is 0 Å². The first-order valence-electron chi connectivity index (χ1n) is 10.2. The highest BCUT2D eigenvalue weighted by atomic mass is 19.1. The summed E-state index contributed by atoms with van der Waals surface area (Å²) in [7, 11) is 2.15. The molecule has 1 saturated heterocycles. The van der Waals surface area contributed by atoms with E-state index >= 15 is 0 Å². The minimum absolute atomic E-state index is 0.0210. The van der Waals surface area contributed by atoms with E-state index in [1.165, 1.54) is 23.3 Å². The molecular weight excluding hydrogens is 361 g/mol. The summed E-state index contributed by atoms with van der Waals surface area (Å²) in [5, 5.41) is 12.2. The molecule has 0 aromatic heterocycles. The van der Waals surface area contributed by atoms with Gasteiger partial charge in [0.25, 0.3) is 0 Å². The average Bonchev–Trinajstić information content (AvgIpc) is 2.74. The molecule has 3 aromatic carbocycles. The van der Waals surface area contributed by atoms with Crippen LogP contribution in [0.1, 0.15) is 42.6 Å². The minimum atomic E-state index is -1.10. The smallest absolute Gasteiger partial charge is 0.123 e. The lowest BCUT2D eigenvalue weighted by Gasteiger charge is -2.56. The van der Waals surface area contributed by atoms with E-state index in [0.717, 1.165) is 5.56 Å². The van der Waals surface area contributed by atoms with Crippen molar-refractivity contribution in [3.8, 4) is 0 Å². The highest BCUT2D eigenvalue weighted by molar-refractivity contribution is 5.33. The van der Waals surface area contributed by atoms with Gasteiger partial charge in [-0.05, 0) is 35.9 Å². The fourth-order valence-corrected chi connectivity index (χ4v) is 5.37. The molecule has 3 heteroatoms. The van der Waals surface area contributed by atoms with Gasteiger partial charge < -0.3 is 5.11 Å². The lowest BCUT2D eigenvalue weighted by molar-refractivity contribution is -0.161. The maximum absolute atomic E-state index is 13.6. The largest absolute Gasteiger partial charge is 0.384 e. The molecule has 1 N–H and O–H groups in total. The van der Waals surface area contributed by atoms with Crippen molar-refractivity contribution in [1.82, 2.24) is 4.90 Å². The molecule has 0 amide bonds. The molecule has 1 unspecified atom stereocenters. The first-order valence-corrected chi connectivity index (χ1v) is 10.2. The Hall–Kier alpha value is -2.49. The monoisotopic (exact) mass is 389 g/mol. The SMILES string of the molecule is C[C@@H]1[C@H](c2ccccc2)N(C)[C@@H](c2ccccc2)[C@H](C)C1(O)c1ccc(F)cc1. The number of benzene rings is 3. The Morgan fingerprint density at radius 2 is 1.14 bits per heavy atom. The van der Waals surface area contributed by atoms with Crippen LogP contribution in [0.5, 0.6) is 0 Å². The number of hydrogen-bond acceptors (Lipinski definition) is 2. The topological polar surface area (TPSA) is 23.5 Å². The van der Waals surface area contributed by atoms with Crippen molar-refractivity contribution in [2.24, 2.45) is 11.8 Å². The zero-order chi connectivity index (χ0) is 20.6. The van der Waals surface area contributed by atoms with Gasteiger partial charge in [-0.15, -0.1) is 0 Å². The maximum Gasteiger partial charge on any atom is 0.123 e. The molecule has 1 fully saturated rings. The van der Waals surface area contributed by atoms with E-state index in [4.69, 9.17) is 0 Å². The minimum Gasteiger partial charge on any atom is -0.384 e. The molecule has 5 atom stereocenters. The highest BCUT2D eigenvalue weighted by Crippen LogP contribution is 2.55. The number of likely N-dealkylation sites (tertiary alicyclic amines) is 1. The Balaban J connectivity index is 1.89. The fourth-order valence-electron chi connectivity index (χ4n) is 5.37. The molecule has 1 aliphatic rings. The second kappa shape index (κ2) is 7.74. The molecular formula is C26H28FNO. The Bertz CT molecular complexity index is 888. The number of nitrogens with zero attached hydrogens (tertiary/aromatic N) is 1. The van der Waals surface area contributed by atoms with Gasteiger partial charge in [-0.1, -0.05) is 86.6 Å². The van der Waals surface area contributed by atoms with Crippen molar-refractivity contribution < 1.29 is 9.50 Å². The molecule has 0 aliphatic carbocycles. The van der Waals surface area contributed by atoms with E-state index in [2.05, 4.69) is 50.1 Å². The number of piperidine rings is 1. The van der Waals surface area contributed by atoms with Gasteiger partial charge >= 0.3 is 0 Å². The van der Waals surface area contributed by atoms with E-state index in [-0.39, 0.29) is 29.7 Å². The third-order valence-corrected chi connectivity index (χ3v) is 6.80. The van der Waals surface area contributed by atoms with Crippen LogP contribution in [0.4, 0.5) is 4.39 Å². The van der Waals surface area contributed by atoms with Gasteiger partial charge in [0.05, 0.1) is 5.60 Å². The van der Waals surface area contributed by atoms with Gasteiger partial charge in [0.15, 0.2) is 0 Å². The van der Waals surface area contributed by atoms with Gasteiger partial charge in [0, 0.05) is 23.9 Å². The van der Waals surface area contributed by atoms with Crippen molar-refractivity contribution in [2.75, 3.05) is 7.05 Å². The van der Waals surface area contributed by atoms with Crippen molar-refractivity contribution in [2.45, 2.75) is 31.5 Å². The van der Waals surface area contributed by atoms with Crippen LogP contribution in [0.25, 0.3) is 0 Å². The summed E-state index contributed by atoms with van der Waals surface area (Å²) in [6.07, 6.45) is 0. The lowest BCUT2D eigenvalue weighted by Crippen LogP contribution is -2.56. The maximum atomic E-state index is 13.6. The molecule has 3 aromatic rings. The number of halogens is 1. The second-order valence-electron chi connectivity index (χ2n) is 8.29. The third kappa shape index (κ3) is 3.29. The normalized spacial score (nSPS) is 30.2. The van der Waals surface area contributed by atoms with Crippen molar-refractivity contribution in [1.29, 1.82) is 0 Å². The van der Waals surface area contributed by atoms with E-state index in [1.807, 2.05) is 36.4 Å². The lowest BCUT2D eigenvalue weighted by atomic mass is 9.62. The van der Waals surface area contributed by atoms with E-state index in [0.29, 0.717) is 0 Å². The summed E-state index contributed by atoms with van der Waals surface area (Å²) in [5.41, 5.74) is 2.03. The van der Waals surface area contributed by atoms with Gasteiger partial charge in [0.1, 0.15) is 5.82 Å². The fraction of sp³-hybridized carbons (Fsp3) is 0.308. The molecule has 150 valence electrons. The predicted molar refractivity (Wildman–Crippen MR) is 115 cm³/mol.